The minimum absolute atomic E-state index is 0.740. The average molecular weight is 239 g/mol. The second-order valence-corrected chi connectivity index (χ2v) is 3.95. The molecule has 4 N–H and O–H groups in total. The van der Waals surface area contributed by atoms with Crippen molar-refractivity contribution in [1.82, 2.24) is 11.1 Å². The number of hydrogen-bond donors (Lipinski definition) is 3. The Bertz CT molecular complexity index is 562. The van der Waals surface area contributed by atoms with E-state index in [1.165, 1.54) is 0 Å². The molecule has 1 aliphatic heterocycles. The zero-order chi connectivity index (χ0) is 12.4. The van der Waals surface area contributed by atoms with Crippen molar-refractivity contribution in [2.75, 3.05) is 10.7 Å². The number of hydrazone groups is 1. The number of hydrogen-bond acceptors (Lipinski definition) is 5. The van der Waals surface area contributed by atoms with E-state index in [0.29, 0.717) is 0 Å². The quantitative estimate of drug-likeness (QED) is 0.694. The van der Waals surface area contributed by atoms with E-state index in [4.69, 9.17) is 5.73 Å². The van der Waals surface area contributed by atoms with Crippen LogP contribution in [0.1, 0.15) is 5.56 Å². The molecule has 18 heavy (non-hydrogen) atoms. The maximum Gasteiger partial charge on any atom is 0.177 e. The van der Waals surface area contributed by atoms with Crippen LogP contribution in [0.3, 0.4) is 0 Å². The van der Waals surface area contributed by atoms with Gasteiger partial charge in [0.2, 0.25) is 0 Å². The normalized spacial score (nSPS) is 14.2. The van der Waals surface area contributed by atoms with Gasteiger partial charge in [0.05, 0.1) is 5.69 Å². The predicted octanol–water partition coefficient (Wildman–Crippen LogP) is 1.46. The molecule has 0 aliphatic carbocycles. The van der Waals surface area contributed by atoms with Crippen LogP contribution in [0.4, 0.5) is 11.4 Å². The van der Waals surface area contributed by atoms with Crippen molar-refractivity contribution in [1.29, 1.82) is 0 Å². The minimum atomic E-state index is 0.740. The third-order valence-corrected chi connectivity index (χ3v) is 2.72. The topological polar surface area (TPSA) is 65.7 Å². The van der Waals surface area contributed by atoms with Crippen LogP contribution < -0.4 is 21.8 Å². The summed E-state index contributed by atoms with van der Waals surface area (Å²) in [6, 6.07) is 17.6. The molecule has 0 aromatic heterocycles. The minimum Gasteiger partial charge on any atom is -0.399 e. The Labute approximate surface area is 105 Å². The number of anilines is 2. The lowest BCUT2D eigenvalue weighted by Gasteiger charge is -2.18. The van der Waals surface area contributed by atoms with Gasteiger partial charge in [-0.15, -0.1) is 10.6 Å². The molecule has 0 spiro atoms. The van der Waals surface area contributed by atoms with Gasteiger partial charge in [0.15, 0.2) is 5.84 Å². The summed E-state index contributed by atoms with van der Waals surface area (Å²) in [6.07, 6.45) is 0. The standard InChI is InChI=1S/C13H13N5/c14-11-8-6-10(7-9-11)13-15-16-17-18(13)12-4-2-1-3-5-12/h1-9,16-17H,14H2. The first-order valence-electron chi connectivity index (χ1n) is 5.64. The molecule has 3 rings (SSSR count). The second kappa shape index (κ2) is 4.38. The summed E-state index contributed by atoms with van der Waals surface area (Å²) >= 11 is 0. The van der Waals surface area contributed by atoms with Crippen molar-refractivity contribution in [3.8, 4) is 0 Å². The van der Waals surface area contributed by atoms with Crippen LogP contribution in [0.15, 0.2) is 59.7 Å². The predicted molar refractivity (Wildman–Crippen MR) is 72.6 cm³/mol. The van der Waals surface area contributed by atoms with Crippen LogP contribution in [0.5, 0.6) is 0 Å². The Morgan fingerprint density at radius 1 is 0.944 bits per heavy atom. The molecule has 2 aromatic rings. The molecule has 90 valence electrons. The van der Waals surface area contributed by atoms with E-state index in [-0.39, 0.29) is 0 Å². The van der Waals surface area contributed by atoms with Gasteiger partial charge in [-0.2, -0.15) is 0 Å². The molecule has 5 nitrogen and oxygen atoms in total. The first-order valence-corrected chi connectivity index (χ1v) is 5.64. The van der Waals surface area contributed by atoms with Gasteiger partial charge < -0.3 is 5.73 Å². The summed E-state index contributed by atoms with van der Waals surface area (Å²) < 4.78 is 0. The van der Waals surface area contributed by atoms with Gasteiger partial charge in [-0.25, -0.2) is 10.5 Å². The highest BCUT2D eigenvalue weighted by Crippen LogP contribution is 2.17. The summed E-state index contributed by atoms with van der Waals surface area (Å²) in [7, 11) is 0. The Hall–Kier alpha value is -2.53. The summed E-state index contributed by atoms with van der Waals surface area (Å²) in [6.45, 7) is 0. The lowest BCUT2D eigenvalue weighted by atomic mass is 10.2. The number of rotatable bonds is 2. The van der Waals surface area contributed by atoms with Crippen LogP contribution in [-0.2, 0) is 0 Å². The summed E-state index contributed by atoms with van der Waals surface area (Å²) in [4.78, 5) is 0. The van der Waals surface area contributed by atoms with Crippen LogP contribution in [0, 0.1) is 0 Å². The van der Waals surface area contributed by atoms with Gasteiger partial charge >= 0.3 is 0 Å². The number of nitrogens with two attached hydrogens (primary N) is 1. The molecular weight excluding hydrogens is 226 g/mol. The third-order valence-electron chi connectivity index (χ3n) is 2.72. The number of nitrogens with one attached hydrogen (secondary N) is 2. The Kier molecular flexibility index (Phi) is 2.59. The van der Waals surface area contributed by atoms with Crippen LogP contribution in [0.25, 0.3) is 0 Å². The molecule has 1 heterocycles. The van der Waals surface area contributed by atoms with E-state index in [2.05, 4.69) is 16.2 Å². The maximum atomic E-state index is 5.69. The van der Waals surface area contributed by atoms with Crippen molar-refractivity contribution in [2.24, 2.45) is 5.10 Å². The molecular formula is C13H13N5. The van der Waals surface area contributed by atoms with E-state index in [9.17, 15) is 0 Å². The van der Waals surface area contributed by atoms with Gasteiger partial charge in [-0.1, -0.05) is 18.2 Å². The van der Waals surface area contributed by atoms with E-state index in [1.807, 2.05) is 59.6 Å². The van der Waals surface area contributed by atoms with Gasteiger partial charge in [0, 0.05) is 11.3 Å². The van der Waals surface area contributed by atoms with Crippen LogP contribution >= 0.6 is 0 Å². The van der Waals surface area contributed by atoms with Crippen molar-refractivity contribution in [3.63, 3.8) is 0 Å². The highest BCUT2D eigenvalue weighted by atomic mass is 15.8. The van der Waals surface area contributed by atoms with E-state index >= 15 is 0 Å². The molecule has 1 aliphatic rings. The number of hydrazine groups is 2. The fraction of sp³-hybridized carbons (Fsp3) is 0. The Morgan fingerprint density at radius 3 is 2.39 bits per heavy atom. The van der Waals surface area contributed by atoms with E-state index < -0.39 is 0 Å². The fourth-order valence-electron chi connectivity index (χ4n) is 1.82. The van der Waals surface area contributed by atoms with Crippen LogP contribution in [0.2, 0.25) is 0 Å². The van der Waals surface area contributed by atoms with E-state index in [0.717, 1.165) is 22.8 Å². The number of amidine groups is 1. The van der Waals surface area contributed by atoms with E-state index in [1.54, 1.807) is 0 Å². The maximum absolute atomic E-state index is 5.69. The third kappa shape index (κ3) is 1.87. The van der Waals surface area contributed by atoms with Gasteiger partial charge in [0.1, 0.15) is 0 Å². The van der Waals surface area contributed by atoms with Crippen LogP contribution in [-0.4, -0.2) is 5.84 Å². The number of benzene rings is 2. The number of para-hydroxylation sites is 1. The summed E-state index contributed by atoms with van der Waals surface area (Å²) in [5.41, 5.74) is 14.2. The average Bonchev–Trinajstić information content (AvgIpc) is 2.90. The smallest absolute Gasteiger partial charge is 0.177 e. The molecule has 0 saturated carbocycles. The van der Waals surface area contributed by atoms with Gasteiger partial charge in [0.25, 0.3) is 0 Å². The molecule has 0 bridgehead atoms. The lowest BCUT2D eigenvalue weighted by molar-refractivity contribution is 0.623. The highest BCUT2D eigenvalue weighted by Gasteiger charge is 2.19. The zero-order valence-corrected chi connectivity index (χ0v) is 9.67. The molecule has 0 atom stereocenters. The largest absolute Gasteiger partial charge is 0.399 e. The zero-order valence-electron chi connectivity index (χ0n) is 9.67. The van der Waals surface area contributed by atoms with Gasteiger partial charge in [-0.05, 0) is 36.4 Å². The molecule has 0 saturated heterocycles. The number of nitrogen functional groups attached to an aromatic ring is 1. The van der Waals surface area contributed by atoms with Gasteiger partial charge in [-0.3, -0.25) is 0 Å². The molecule has 0 fully saturated rings. The summed E-state index contributed by atoms with van der Waals surface area (Å²) in [5.74, 6) is 0.807. The second-order valence-electron chi connectivity index (χ2n) is 3.95. The molecule has 0 radical (unpaired) electrons. The Morgan fingerprint density at radius 2 is 1.67 bits per heavy atom. The number of nitrogens with zero attached hydrogens (tertiary/aromatic N) is 2. The monoisotopic (exact) mass is 239 g/mol. The molecule has 0 amide bonds. The fourth-order valence-corrected chi connectivity index (χ4v) is 1.82. The molecule has 2 aromatic carbocycles. The van der Waals surface area contributed by atoms with Crippen molar-refractivity contribution in [2.45, 2.75) is 0 Å². The first kappa shape index (κ1) is 10.6. The highest BCUT2D eigenvalue weighted by molar-refractivity contribution is 6.10. The molecule has 5 heteroatoms. The Balaban J connectivity index is 1.94. The SMILES string of the molecule is Nc1ccc(C2=NNNN2c2ccccc2)cc1. The van der Waals surface area contributed by atoms with Crippen molar-refractivity contribution >= 4 is 17.2 Å². The lowest BCUT2D eigenvalue weighted by Crippen LogP contribution is -2.41. The van der Waals surface area contributed by atoms with Crippen molar-refractivity contribution in [3.05, 3.63) is 60.2 Å². The first-order chi connectivity index (χ1) is 8.84. The summed E-state index contributed by atoms with van der Waals surface area (Å²) in [5, 5.41) is 6.11. The molecule has 0 unspecified atom stereocenters. The van der Waals surface area contributed by atoms with Crippen molar-refractivity contribution < 1.29 is 0 Å².